The van der Waals surface area contributed by atoms with E-state index in [1.54, 1.807) is 4.90 Å². The van der Waals surface area contributed by atoms with E-state index >= 15 is 0 Å². The minimum Gasteiger partial charge on any atom is -0.336 e. The quantitative estimate of drug-likeness (QED) is 0.719. The number of amides is 4. The molecule has 6 nitrogen and oxygen atoms in total. The maximum atomic E-state index is 12.1. The smallest absolute Gasteiger partial charge is 0.317 e. The summed E-state index contributed by atoms with van der Waals surface area (Å²) in [7, 11) is 0. The third-order valence-electron chi connectivity index (χ3n) is 4.86. The SMILES string of the molecule is C[C@@H]1CC=CC[C@H]1NC(=O)NCc1ccc(CN2CCNC2=O)cc1. The number of rotatable bonds is 5. The van der Waals surface area contributed by atoms with Crippen LogP contribution in [0.15, 0.2) is 36.4 Å². The maximum absolute atomic E-state index is 12.1. The molecule has 3 rings (SSSR count). The van der Waals surface area contributed by atoms with Crippen LogP contribution in [-0.2, 0) is 13.1 Å². The molecule has 25 heavy (non-hydrogen) atoms. The maximum Gasteiger partial charge on any atom is 0.317 e. The van der Waals surface area contributed by atoms with Crippen molar-refractivity contribution < 1.29 is 9.59 Å². The highest BCUT2D eigenvalue weighted by Crippen LogP contribution is 2.18. The predicted molar refractivity (Wildman–Crippen MR) is 96.9 cm³/mol. The van der Waals surface area contributed by atoms with Crippen molar-refractivity contribution in [3.63, 3.8) is 0 Å². The number of urea groups is 2. The number of benzene rings is 1. The summed E-state index contributed by atoms with van der Waals surface area (Å²) in [6.07, 6.45) is 6.22. The molecule has 1 saturated heterocycles. The molecule has 2 atom stereocenters. The zero-order valence-corrected chi connectivity index (χ0v) is 14.6. The van der Waals surface area contributed by atoms with Crippen LogP contribution in [0, 0.1) is 5.92 Å². The summed E-state index contributed by atoms with van der Waals surface area (Å²) < 4.78 is 0. The van der Waals surface area contributed by atoms with Gasteiger partial charge in [0.15, 0.2) is 0 Å². The Bertz CT molecular complexity index is 641. The van der Waals surface area contributed by atoms with Crippen LogP contribution in [0.4, 0.5) is 9.59 Å². The van der Waals surface area contributed by atoms with Crippen LogP contribution in [0.25, 0.3) is 0 Å². The molecule has 134 valence electrons. The van der Waals surface area contributed by atoms with Crippen molar-refractivity contribution in [1.29, 1.82) is 0 Å². The lowest BCUT2D eigenvalue weighted by Gasteiger charge is -2.26. The fraction of sp³-hybridized carbons (Fsp3) is 0.474. The fourth-order valence-corrected chi connectivity index (χ4v) is 3.20. The topological polar surface area (TPSA) is 73.5 Å². The number of hydrogen-bond acceptors (Lipinski definition) is 2. The highest BCUT2D eigenvalue weighted by Gasteiger charge is 2.20. The minimum absolute atomic E-state index is 0.00537. The molecule has 1 heterocycles. The first-order valence-electron chi connectivity index (χ1n) is 8.92. The van der Waals surface area contributed by atoms with Crippen LogP contribution in [0.3, 0.4) is 0 Å². The Morgan fingerprint density at radius 3 is 2.60 bits per heavy atom. The average molecular weight is 342 g/mol. The van der Waals surface area contributed by atoms with Crippen LogP contribution >= 0.6 is 0 Å². The van der Waals surface area contributed by atoms with Crippen molar-refractivity contribution >= 4 is 12.1 Å². The second-order valence-electron chi connectivity index (χ2n) is 6.82. The Hall–Kier alpha value is -2.50. The van der Waals surface area contributed by atoms with Gasteiger partial charge in [-0.1, -0.05) is 43.3 Å². The lowest BCUT2D eigenvalue weighted by Crippen LogP contribution is -2.45. The first-order valence-corrected chi connectivity index (χ1v) is 8.92. The highest BCUT2D eigenvalue weighted by atomic mass is 16.2. The van der Waals surface area contributed by atoms with E-state index in [1.165, 1.54) is 0 Å². The number of nitrogens with one attached hydrogen (secondary N) is 3. The monoisotopic (exact) mass is 342 g/mol. The van der Waals surface area contributed by atoms with Gasteiger partial charge in [-0.05, 0) is 29.9 Å². The second kappa shape index (κ2) is 8.05. The van der Waals surface area contributed by atoms with Gasteiger partial charge in [0.25, 0.3) is 0 Å². The molecule has 0 unspecified atom stereocenters. The van der Waals surface area contributed by atoms with Crippen molar-refractivity contribution in [2.75, 3.05) is 13.1 Å². The van der Waals surface area contributed by atoms with E-state index in [9.17, 15) is 9.59 Å². The Balaban J connectivity index is 1.44. The van der Waals surface area contributed by atoms with Gasteiger partial charge in [0.05, 0.1) is 0 Å². The normalized spacial score (nSPS) is 22.6. The third kappa shape index (κ3) is 4.75. The molecule has 0 aromatic heterocycles. The summed E-state index contributed by atoms with van der Waals surface area (Å²) in [6.45, 7) is 4.73. The fourth-order valence-electron chi connectivity index (χ4n) is 3.20. The number of nitrogens with zero attached hydrogens (tertiary/aromatic N) is 1. The average Bonchev–Trinajstić information content (AvgIpc) is 3.01. The summed E-state index contributed by atoms with van der Waals surface area (Å²) in [4.78, 5) is 25.4. The Kier molecular flexibility index (Phi) is 5.58. The first kappa shape index (κ1) is 17.3. The van der Waals surface area contributed by atoms with E-state index in [4.69, 9.17) is 0 Å². The number of carbonyl (C=O) groups is 2. The molecule has 1 aromatic rings. The van der Waals surface area contributed by atoms with Crippen LogP contribution < -0.4 is 16.0 Å². The minimum atomic E-state index is -0.120. The van der Waals surface area contributed by atoms with Gasteiger partial charge in [-0.2, -0.15) is 0 Å². The van der Waals surface area contributed by atoms with Gasteiger partial charge in [-0.3, -0.25) is 0 Å². The molecule has 1 aliphatic carbocycles. The summed E-state index contributed by atoms with van der Waals surface area (Å²) in [5.41, 5.74) is 2.13. The van der Waals surface area contributed by atoms with Crippen molar-refractivity contribution in [1.82, 2.24) is 20.9 Å². The number of hydrogen-bond donors (Lipinski definition) is 3. The van der Waals surface area contributed by atoms with Gasteiger partial charge in [-0.15, -0.1) is 0 Å². The van der Waals surface area contributed by atoms with E-state index in [0.717, 1.165) is 30.5 Å². The van der Waals surface area contributed by atoms with E-state index in [0.29, 0.717) is 25.6 Å². The molecule has 2 aliphatic rings. The number of allylic oxidation sites excluding steroid dienone is 1. The van der Waals surface area contributed by atoms with Crippen LogP contribution in [0.1, 0.15) is 30.9 Å². The molecule has 6 heteroatoms. The second-order valence-corrected chi connectivity index (χ2v) is 6.82. The largest absolute Gasteiger partial charge is 0.336 e. The molecule has 0 radical (unpaired) electrons. The molecule has 0 bridgehead atoms. The molecule has 1 aromatic carbocycles. The van der Waals surface area contributed by atoms with Crippen molar-refractivity contribution in [2.24, 2.45) is 5.92 Å². The Morgan fingerprint density at radius 1 is 1.20 bits per heavy atom. The molecular formula is C19H26N4O2. The molecule has 0 spiro atoms. The van der Waals surface area contributed by atoms with Gasteiger partial charge < -0.3 is 20.9 Å². The summed E-state index contributed by atoms with van der Waals surface area (Å²) >= 11 is 0. The highest BCUT2D eigenvalue weighted by molar-refractivity contribution is 5.76. The molecule has 0 saturated carbocycles. The zero-order valence-electron chi connectivity index (χ0n) is 14.6. The van der Waals surface area contributed by atoms with Crippen molar-refractivity contribution in [2.45, 2.75) is 38.9 Å². The number of carbonyl (C=O) groups excluding carboxylic acids is 2. The van der Waals surface area contributed by atoms with Gasteiger partial charge in [0.1, 0.15) is 0 Å². The summed E-state index contributed by atoms with van der Waals surface area (Å²) in [5.74, 6) is 0.470. The molecule has 4 amide bonds. The van der Waals surface area contributed by atoms with Gasteiger partial charge >= 0.3 is 12.1 Å². The first-order chi connectivity index (χ1) is 12.1. The van der Waals surface area contributed by atoms with Crippen LogP contribution in [-0.4, -0.2) is 36.1 Å². The molecule has 3 N–H and O–H groups in total. The third-order valence-corrected chi connectivity index (χ3v) is 4.86. The van der Waals surface area contributed by atoms with Gasteiger partial charge in [-0.25, -0.2) is 9.59 Å². The van der Waals surface area contributed by atoms with Crippen molar-refractivity contribution in [3.8, 4) is 0 Å². The van der Waals surface area contributed by atoms with Gasteiger partial charge in [0, 0.05) is 32.2 Å². The lowest BCUT2D eigenvalue weighted by atomic mass is 9.91. The standard InChI is InChI=1S/C19H26N4O2/c1-14-4-2-3-5-17(14)22-18(24)21-12-15-6-8-16(9-7-15)13-23-11-10-20-19(23)25/h2-3,6-9,14,17H,4-5,10-13H2,1H3,(H,20,25)(H2,21,22,24)/t14-,17-/m1/s1. The van der Waals surface area contributed by atoms with Crippen molar-refractivity contribution in [3.05, 3.63) is 47.5 Å². The van der Waals surface area contributed by atoms with Crippen LogP contribution in [0.2, 0.25) is 0 Å². The lowest BCUT2D eigenvalue weighted by molar-refractivity contribution is 0.215. The zero-order chi connectivity index (χ0) is 17.6. The summed E-state index contributed by atoms with van der Waals surface area (Å²) in [5, 5.41) is 8.77. The Morgan fingerprint density at radius 2 is 1.92 bits per heavy atom. The Labute approximate surface area is 148 Å². The van der Waals surface area contributed by atoms with Gasteiger partial charge in [0.2, 0.25) is 0 Å². The van der Waals surface area contributed by atoms with E-state index in [1.807, 2.05) is 24.3 Å². The molecular weight excluding hydrogens is 316 g/mol. The summed E-state index contributed by atoms with van der Waals surface area (Å²) in [6, 6.07) is 8.09. The van der Waals surface area contributed by atoms with E-state index < -0.39 is 0 Å². The van der Waals surface area contributed by atoms with Crippen LogP contribution in [0.5, 0.6) is 0 Å². The molecule has 1 fully saturated rings. The van der Waals surface area contributed by atoms with E-state index in [-0.39, 0.29) is 18.1 Å². The predicted octanol–water partition coefficient (Wildman–Crippen LogP) is 2.37. The molecule has 1 aliphatic heterocycles. The van der Waals surface area contributed by atoms with E-state index in [2.05, 4.69) is 35.0 Å².